The number of nitrogens with zero attached hydrogens (tertiary/aromatic N) is 6. The fourth-order valence-electron chi connectivity index (χ4n) is 1.93. The van der Waals surface area contributed by atoms with E-state index in [1.54, 1.807) is 0 Å². The summed E-state index contributed by atoms with van der Waals surface area (Å²) in [5.41, 5.74) is 14.8. The number of Topliss-reactive ketones (excluding diaryl/α,β-unsaturated/α-hetero) is 2. The van der Waals surface area contributed by atoms with Gasteiger partial charge in [-0.05, 0) is 11.1 Å². The van der Waals surface area contributed by atoms with E-state index in [0.29, 0.717) is 0 Å². The number of benzene rings is 1. The summed E-state index contributed by atoms with van der Waals surface area (Å²) in [6.45, 7) is 0. The lowest BCUT2D eigenvalue weighted by Crippen LogP contribution is -2.25. The molecule has 1 aromatic rings. The minimum Gasteiger partial charge on any atom is -0.289 e. The smallest absolute Gasteiger partial charge is 0.289 e. The van der Waals surface area contributed by atoms with Crippen molar-refractivity contribution >= 4 is 27.4 Å². The first-order valence-electron chi connectivity index (χ1n) is 5.37. The summed E-state index contributed by atoms with van der Waals surface area (Å²) in [4.78, 5) is 27.9. The highest BCUT2D eigenvalue weighted by Crippen LogP contribution is 2.35. The number of hydrogen-bond acceptors (Lipinski definition) is 6. The maximum absolute atomic E-state index is 12.3. The Bertz CT molecular complexity index is 950. The van der Waals surface area contributed by atoms with Gasteiger partial charge < -0.3 is 0 Å². The van der Waals surface area contributed by atoms with Crippen LogP contribution in [0.1, 0.15) is 20.7 Å². The number of carbonyl (C=O) groups excluding carboxylic acids is 2. The van der Waals surface area contributed by atoms with Crippen LogP contribution >= 0.6 is 0 Å². The first-order valence-corrected chi connectivity index (χ1v) is 6.81. The van der Waals surface area contributed by atoms with Crippen molar-refractivity contribution < 1.29 is 22.6 Å². The molecular formula is C10H4N6O5S. The van der Waals surface area contributed by atoms with Gasteiger partial charge in [0.2, 0.25) is 5.78 Å². The van der Waals surface area contributed by atoms with E-state index in [1.165, 1.54) is 12.1 Å². The van der Waals surface area contributed by atoms with Gasteiger partial charge in [-0.1, -0.05) is 28.4 Å². The van der Waals surface area contributed by atoms with Crippen LogP contribution in [0, 0.1) is 0 Å². The molecule has 0 bridgehead atoms. The highest BCUT2D eigenvalue weighted by Gasteiger charge is 2.39. The molecule has 0 spiro atoms. The van der Waals surface area contributed by atoms with Gasteiger partial charge in [0, 0.05) is 26.6 Å². The molecule has 1 aromatic carbocycles. The quantitative estimate of drug-likeness (QED) is 0.386. The van der Waals surface area contributed by atoms with Crippen LogP contribution in [0.3, 0.4) is 0 Å². The van der Waals surface area contributed by atoms with Crippen molar-refractivity contribution in [3.63, 3.8) is 0 Å². The summed E-state index contributed by atoms with van der Waals surface area (Å²) >= 11 is 0. The van der Waals surface area contributed by atoms with E-state index in [9.17, 15) is 18.0 Å². The van der Waals surface area contributed by atoms with Gasteiger partial charge in [0.15, 0.2) is 10.7 Å². The Labute approximate surface area is 121 Å². The Morgan fingerprint density at radius 3 is 2.23 bits per heavy atom. The zero-order valence-corrected chi connectivity index (χ0v) is 11.2. The van der Waals surface area contributed by atoms with E-state index in [0.717, 1.165) is 6.07 Å². The van der Waals surface area contributed by atoms with Gasteiger partial charge in [0.25, 0.3) is 10.1 Å². The van der Waals surface area contributed by atoms with Crippen molar-refractivity contribution in [3.8, 4) is 0 Å². The molecule has 110 valence electrons. The van der Waals surface area contributed by atoms with Crippen LogP contribution < -0.4 is 0 Å². The Morgan fingerprint density at radius 1 is 1.05 bits per heavy atom. The second-order valence-electron chi connectivity index (χ2n) is 3.89. The Morgan fingerprint density at radius 2 is 1.68 bits per heavy atom. The molecular weight excluding hydrogens is 316 g/mol. The molecule has 0 fully saturated rings. The molecule has 1 N–H and O–H groups in total. The van der Waals surface area contributed by atoms with Crippen LogP contribution in [0.5, 0.6) is 0 Å². The summed E-state index contributed by atoms with van der Waals surface area (Å²) in [5.74, 6) is -2.39. The Kier molecular flexibility index (Phi) is 3.68. The van der Waals surface area contributed by atoms with Gasteiger partial charge in [0.1, 0.15) is 5.70 Å². The molecule has 0 saturated carbocycles. The number of rotatable bonds is 3. The number of azide groups is 2. The van der Waals surface area contributed by atoms with Crippen LogP contribution in [0.4, 0.5) is 5.69 Å². The molecule has 0 radical (unpaired) electrons. The first kappa shape index (κ1) is 15.2. The third-order valence-corrected chi connectivity index (χ3v) is 3.60. The minimum atomic E-state index is -5.11. The van der Waals surface area contributed by atoms with Crippen molar-refractivity contribution in [1.82, 2.24) is 0 Å². The Balaban J connectivity index is 2.95. The summed E-state index contributed by atoms with van der Waals surface area (Å²) in [6.07, 6.45) is 0. The summed E-state index contributed by atoms with van der Waals surface area (Å²) in [7, 11) is -5.11. The van der Waals surface area contributed by atoms with Crippen molar-refractivity contribution in [1.29, 1.82) is 0 Å². The van der Waals surface area contributed by atoms with Crippen molar-refractivity contribution in [3.05, 3.63) is 60.8 Å². The summed E-state index contributed by atoms with van der Waals surface area (Å²) < 4.78 is 31.7. The SMILES string of the molecule is [N-]=[N+]=NC1=C(S(=O)(=O)O)C(=O)c2cccc(N=[N+]=[N-])c2C1=O. The largest absolute Gasteiger partial charge is 0.299 e. The van der Waals surface area contributed by atoms with Crippen LogP contribution in [-0.4, -0.2) is 24.5 Å². The van der Waals surface area contributed by atoms with Crippen LogP contribution in [-0.2, 0) is 10.1 Å². The average Bonchev–Trinajstić information content (AvgIpc) is 2.43. The second kappa shape index (κ2) is 5.31. The van der Waals surface area contributed by atoms with Gasteiger partial charge in [-0.2, -0.15) is 8.42 Å². The molecule has 1 aliphatic rings. The maximum atomic E-state index is 12.3. The van der Waals surface area contributed by atoms with E-state index in [-0.39, 0.29) is 11.3 Å². The number of ketones is 2. The molecule has 0 unspecified atom stereocenters. The molecule has 12 heteroatoms. The first-order chi connectivity index (χ1) is 10.3. The number of carbonyl (C=O) groups is 2. The van der Waals surface area contributed by atoms with E-state index in [2.05, 4.69) is 20.1 Å². The topological polar surface area (TPSA) is 186 Å². The van der Waals surface area contributed by atoms with Gasteiger partial charge in [0.05, 0.1) is 0 Å². The van der Waals surface area contributed by atoms with E-state index < -0.39 is 37.9 Å². The third kappa shape index (κ3) is 2.30. The molecule has 0 saturated heterocycles. The molecule has 0 atom stereocenters. The highest BCUT2D eigenvalue weighted by molar-refractivity contribution is 7.91. The highest BCUT2D eigenvalue weighted by atomic mass is 32.2. The molecule has 0 aliphatic heterocycles. The fraction of sp³-hybridized carbons (Fsp3) is 0. The Hall–Kier alpha value is -3.17. The number of fused-ring (bicyclic) bond motifs is 1. The van der Waals surface area contributed by atoms with Gasteiger partial charge >= 0.3 is 0 Å². The molecule has 0 heterocycles. The molecule has 11 nitrogen and oxygen atoms in total. The monoisotopic (exact) mass is 320 g/mol. The zero-order chi connectivity index (χ0) is 16.5. The average molecular weight is 320 g/mol. The molecule has 1 aliphatic carbocycles. The van der Waals surface area contributed by atoms with E-state index in [1.807, 2.05) is 0 Å². The zero-order valence-electron chi connectivity index (χ0n) is 10.4. The number of allylic oxidation sites excluding steroid dienone is 2. The molecule has 0 amide bonds. The summed E-state index contributed by atoms with van der Waals surface area (Å²) in [5, 5.41) is 6.10. The molecule has 0 aromatic heterocycles. The summed E-state index contributed by atoms with van der Waals surface area (Å²) in [6, 6.07) is 3.59. The number of hydrogen-bond donors (Lipinski definition) is 1. The van der Waals surface area contributed by atoms with Crippen molar-refractivity contribution in [2.24, 2.45) is 10.2 Å². The van der Waals surface area contributed by atoms with Crippen LogP contribution in [0.25, 0.3) is 20.9 Å². The lowest BCUT2D eigenvalue weighted by molar-refractivity contribution is 0.0979. The predicted octanol–water partition coefficient (Wildman–Crippen LogP) is 2.42. The lowest BCUT2D eigenvalue weighted by atomic mass is 9.91. The molecule has 22 heavy (non-hydrogen) atoms. The van der Waals surface area contributed by atoms with Gasteiger partial charge in [-0.25, -0.2) is 0 Å². The van der Waals surface area contributed by atoms with Gasteiger partial charge in [-0.3, -0.25) is 14.1 Å². The van der Waals surface area contributed by atoms with Crippen molar-refractivity contribution in [2.45, 2.75) is 0 Å². The maximum Gasteiger partial charge on any atom is 0.299 e. The fourth-order valence-corrected chi connectivity index (χ4v) is 2.65. The van der Waals surface area contributed by atoms with Crippen molar-refractivity contribution in [2.75, 3.05) is 0 Å². The molecule has 2 rings (SSSR count). The van der Waals surface area contributed by atoms with Crippen LogP contribution in [0.15, 0.2) is 39.0 Å². The van der Waals surface area contributed by atoms with Crippen LogP contribution in [0.2, 0.25) is 0 Å². The predicted molar refractivity (Wildman–Crippen MR) is 71.6 cm³/mol. The third-order valence-electron chi connectivity index (χ3n) is 2.71. The lowest BCUT2D eigenvalue weighted by Gasteiger charge is -2.17. The van der Waals surface area contributed by atoms with E-state index >= 15 is 0 Å². The second-order valence-corrected chi connectivity index (χ2v) is 5.25. The minimum absolute atomic E-state index is 0.238. The standard InChI is InChI=1S/C10H4N6O5S/c11-15-13-5-3-1-2-4-6(5)9(18)7(14-16-12)10(8(4)17)22(19,20)21/h1-3H,(H,19,20,21). The van der Waals surface area contributed by atoms with Gasteiger partial charge in [-0.15, -0.1) is 0 Å². The normalized spacial score (nSPS) is 14.0. The van der Waals surface area contributed by atoms with E-state index in [4.69, 9.17) is 15.6 Å².